The lowest BCUT2D eigenvalue weighted by Gasteiger charge is -2.24. The third-order valence-electron chi connectivity index (χ3n) is 5.22. The second kappa shape index (κ2) is 7.67. The number of carbonyl (C=O) groups excluding carboxylic acids is 1. The van der Waals surface area contributed by atoms with Crippen LogP contribution >= 0.6 is 0 Å². The van der Waals surface area contributed by atoms with E-state index in [2.05, 4.69) is 5.32 Å². The molecule has 1 saturated carbocycles. The number of nitrogens with one attached hydrogen (secondary N) is 1. The van der Waals surface area contributed by atoms with E-state index in [1.807, 2.05) is 6.92 Å². The third kappa shape index (κ3) is 4.20. The summed E-state index contributed by atoms with van der Waals surface area (Å²) in [5, 5.41) is 1.64. The highest BCUT2D eigenvalue weighted by Crippen LogP contribution is 2.57. The van der Waals surface area contributed by atoms with Crippen molar-refractivity contribution in [1.29, 1.82) is 0 Å². The van der Waals surface area contributed by atoms with E-state index in [1.165, 1.54) is 30.3 Å². The van der Waals surface area contributed by atoms with Gasteiger partial charge in [0.15, 0.2) is 9.84 Å². The second-order valence-electron chi connectivity index (χ2n) is 8.68. The Kier molecular flexibility index (Phi) is 5.68. The van der Waals surface area contributed by atoms with Crippen LogP contribution in [0.15, 0.2) is 53.4 Å². The Balaban J connectivity index is 2.05. The van der Waals surface area contributed by atoms with Gasteiger partial charge in [-0.1, -0.05) is 29.8 Å². The van der Waals surface area contributed by atoms with Crippen molar-refractivity contribution in [3.8, 4) is 0 Å². The smallest absolute Gasteiger partial charge is 0.408 e. The Morgan fingerprint density at radius 3 is 2.37 bits per heavy atom. The fraction of sp³-hybridized carbons (Fsp3) is 0.409. The van der Waals surface area contributed by atoms with Crippen molar-refractivity contribution >= 4 is 15.9 Å². The highest BCUT2D eigenvalue weighted by molar-refractivity contribution is 7.92. The number of alkyl carbamates (subject to hydrolysis) is 1. The number of rotatable bonds is 5. The van der Waals surface area contributed by atoms with Gasteiger partial charge >= 0.3 is 6.09 Å². The summed E-state index contributed by atoms with van der Waals surface area (Å²) in [6, 6.07) is 12.2. The molecule has 2 aromatic rings. The molecule has 0 unspecified atom stereocenters. The first-order valence-electron chi connectivity index (χ1n) is 9.68. The SMILES string of the molecule is Cc1ccc(S(=O)(=O)[C@H]2[C@H](c3cccc(F)c3)[C@@]2(CN)NC(=O)OC(C)(C)C)cc1. The Morgan fingerprint density at radius 2 is 1.83 bits per heavy atom. The summed E-state index contributed by atoms with van der Waals surface area (Å²) in [4.78, 5) is 12.6. The molecule has 0 heterocycles. The van der Waals surface area contributed by atoms with Crippen LogP contribution in [0.25, 0.3) is 0 Å². The van der Waals surface area contributed by atoms with Crippen molar-refractivity contribution in [2.24, 2.45) is 5.73 Å². The van der Waals surface area contributed by atoms with Gasteiger partial charge in [0.2, 0.25) is 0 Å². The fourth-order valence-electron chi connectivity index (χ4n) is 3.84. The molecule has 0 radical (unpaired) electrons. The van der Waals surface area contributed by atoms with Crippen LogP contribution in [-0.2, 0) is 14.6 Å². The second-order valence-corrected chi connectivity index (χ2v) is 10.8. The summed E-state index contributed by atoms with van der Waals surface area (Å²) in [6.07, 6.45) is -0.768. The molecule has 3 rings (SSSR count). The predicted octanol–water partition coefficient (Wildman–Crippen LogP) is 3.30. The van der Waals surface area contributed by atoms with Crippen molar-refractivity contribution in [3.05, 3.63) is 65.5 Å². The molecule has 2 aromatic carbocycles. The average molecular weight is 435 g/mol. The number of nitrogens with two attached hydrogens (primary N) is 1. The zero-order chi connectivity index (χ0) is 22.3. The lowest BCUT2D eigenvalue weighted by molar-refractivity contribution is 0.0497. The molecule has 30 heavy (non-hydrogen) atoms. The van der Waals surface area contributed by atoms with E-state index < -0.39 is 44.1 Å². The van der Waals surface area contributed by atoms with Crippen LogP contribution < -0.4 is 11.1 Å². The maximum Gasteiger partial charge on any atom is 0.408 e. The molecule has 6 nitrogen and oxygen atoms in total. The van der Waals surface area contributed by atoms with Gasteiger partial charge in [-0.05, 0) is 57.5 Å². The first-order valence-corrected chi connectivity index (χ1v) is 11.2. The molecule has 0 bridgehead atoms. The molecule has 1 amide bonds. The Labute approximate surface area is 176 Å². The normalized spacial score (nSPS) is 23.7. The first kappa shape index (κ1) is 22.2. The maximum absolute atomic E-state index is 13.9. The molecule has 3 N–H and O–H groups in total. The van der Waals surface area contributed by atoms with Crippen LogP contribution in [0.2, 0.25) is 0 Å². The fourth-order valence-corrected chi connectivity index (χ4v) is 6.19. The van der Waals surface area contributed by atoms with Gasteiger partial charge in [-0.15, -0.1) is 0 Å². The highest BCUT2D eigenvalue weighted by atomic mass is 32.2. The summed E-state index contributed by atoms with van der Waals surface area (Å²) >= 11 is 0. The number of benzene rings is 2. The van der Waals surface area contributed by atoms with E-state index in [1.54, 1.807) is 39.0 Å². The number of hydrogen-bond acceptors (Lipinski definition) is 5. The topological polar surface area (TPSA) is 98.5 Å². The lowest BCUT2D eigenvalue weighted by atomic mass is 10.1. The first-order chi connectivity index (χ1) is 13.9. The van der Waals surface area contributed by atoms with Gasteiger partial charge < -0.3 is 15.8 Å². The van der Waals surface area contributed by atoms with Crippen LogP contribution in [0.3, 0.4) is 0 Å². The molecule has 8 heteroatoms. The van der Waals surface area contributed by atoms with E-state index in [-0.39, 0.29) is 11.4 Å². The lowest BCUT2D eigenvalue weighted by Crippen LogP contribution is -2.49. The molecule has 0 aromatic heterocycles. The van der Waals surface area contributed by atoms with Crippen molar-refractivity contribution in [3.63, 3.8) is 0 Å². The minimum Gasteiger partial charge on any atom is -0.444 e. The van der Waals surface area contributed by atoms with E-state index in [4.69, 9.17) is 10.5 Å². The Bertz CT molecular complexity index is 1050. The van der Waals surface area contributed by atoms with Crippen molar-refractivity contribution in [1.82, 2.24) is 5.32 Å². The number of hydrogen-bond donors (Lipinski definition) is 2. The molecule has 1 fully saturated rings. The number of sulfone groups is 1. The quantitative estimate of drug-likeness (QED) is 0.752. The molecular weight excluding hydrogens is 407 g/mol. The van der Waals surface area contributed by atoms with Crippen LogP contribution in [0, 0.1) is 12.7 Å². The van der Waals surface area contributed by atoms with Gasteiger partial charge in [-0.3, -0.25) is 0 Å². The third-order valence-corrected chi connectivity index (χ3v) is 7.51. The zero-order valence-corrected chi connectivity index (χ0v) is 18.3. The van der Waals surface area contributed by atoms with E-state index in [0.29, 0.717) is 5.56 Å². The number of carbonyl (C=O) groups is 1. The van der Waals surface area contributed by atoms with Gasteiger partial charge in [0.1, 0.15) is 16.7 Å². The molecular formula is C22H27FN2O4S. The number of halogens is 1. The summed E-state index contributed by atoms with van der Waals surface area (Å²) in [7, 11) is -3.87. The standard InChI is InChI=1S/C22H27FN2O4S/c1-14-8-10-17(11-9-14)30(27,28)19-18(15-6-5-7-16(23)12-15)22(19,13-24)25-20(26)29-21(2,3)4/h5-12,18-19H,13,24H2,1-4H3,(H,25,26)/t18-,19-,22+/m0/s1. The van der Waals surface area contributed by atoms with Gasteiger partial charge in [0.05, 0.1) is 10.4 Å². The van der Waals surface area contributed by atoms with Gasteiger partial charge in [-0.2, -0.15) is 0 Å². The Morgan fingerprint density at radius 1 is 1.20 bits per heavy atom. The predicted molar refractivity (Wildman–Crippen MR) is 112 cm³/mol. The highest BCUT2D eigenvalue weighted by Gasteiger charge is 2.71. The van der Waals surface area contributed by atoms with E-state index in [0.717, 1.165) is 5.56 Å². The summed E-state index contributed by atoms with van der Waals surface area (Å²) in [6.45, 7) is 6.83. The van der Waals surface area contributed by atoms with Crippen molar-refractivity contribution < 1.29 is 22.3 Å². The van der Waals surface area contributed by atoms with Gasteiger partial charge in [0, 0.05) is 12.5 Å². The van der Waals surface area contributed by atoms with Gasteiger partial charge in [-0.25, -0.2) is 17.6 Å². The molecule has 162 valence electrons. The van der Waals surface area contributed by atoms with Gasteiger partial charge in [0.25, 0.3) is 0 Å². The average Bonchev–Trinajstić information content (AvgIpc) is 3.30. The molecule has 3 atom stereocenters. The summed E-state index contributed by atoms with van der Waals surface area (Å²) < 4.78 is 46.2. The largest absolute Gasteiger partial charge is 0.444 e. The number of ether oxygens (including phenoxy) is 1. The minimum atomic E-state index is -3.87. The molecule has 1 aliphatic carbocycles. The van der Waals surface area contributed by atoms with Crippen LogP contribution in [-0.4, -0.2) is 37.4 Å². The van der Waals surface area contributed by atoms with Crippen LogP contribution in [0.4, 0.5) is 9.18 Å². The molecule has 0 aliphatic heterocycles. The number of amides is 1. The number of aryl methyl sites for hydroxylation is 1. The summed E-state index contributed by atoms with van der Waals surface area (Å²) in [5.41, 5.74) is 5.31. The minimum absolute atomic E-state index is 0.126. The van der Waals surface area contributed by atoms with Crippen LogP contribution in [0.5, 0.6) is 0 Å². The van der Waals surface area contributed by atoms with Crippen LogP contribution in [0.1, 0.15) is 37.8 Å². The molecule has 0 saturated heterocycles. The molecule has 1 aliphatic rings. The van der Waals surface area contributed by atoms with Crippen molar-refractivity contribution in [2.75, 3.05) is 6.54 Å². The monoisotopic (exact) mass is 434 g/mol. The van der Waals surface area contributed by atoms with Crippen molar-refractivity contribution in [2.45, 2.75) is 54.9 Å². The maximum atomic E-state index is 13.9. The molecule has 0 spiro atoms. The van der Waals surface area contributed by atoms with E-state index in [9.17, 15) is 17.6 Å². The van der Waals surface area contributed by atoms with E-state index >= 15 is 0 Å². The zero-order valence-electron chi connectivity index (χ0n) is 17.5. The summed E-state index contributed by atoms with van der Waals surface area (Å²) in [5.74, 6) is -1.20. The Hall–Kier alpha value is -2.45.